The summed E-state index contributed by atoms with van der Waals surface area (Å²) in [6.07, 6.45) is 1.55. The van der Waals surface area contributed by atoms with Crippen LogP contribution in [0.3, 0.4) is 0 Å². The number of aromatic nitrogens is 4. The monoisotopic (exact) mass is 505 g/mol. The van der Waals surface area contributed by atoms with Gasteiger partial charge in [0.25, 0.3) is 0 Å². The Morgan fingerprint density at radius 3 is 2.52 bits per heavy atom. The second kappa shape index (κ2) is 8.90. The van der Waals surface area contributed by atoms with Gasteiger partial charge in [0.15, 0.2) is 17.0 Å². The molecule has 1 aliphatic heterocycles. The number of hydrogen-bond acceptors (Lipinski definition) is 12. The minimum Gasteiger partial charge on any atom is -0.352 e. The summed E-state index contributed by atoms with van der Waals surface area (Å²) in [7, 11) is -16.3. The van der Waals surface area contributed by atoms with Gasteiger partial charge < -0.3 is 24.3 Å². The molecule has 3 heterocycles. The summed E-state index contributed by atoms with van der Waals surface area (Å²) in [5, 5.41) is 9.10. The molecule has 1 fully saturated rings. The van der Waals surface area contributed by atoms with E-state index in [1.807, 2.05) is 12.4 Å². The maximum absolute atomic E-state index is 11.8. The topological polar surface area (TPSA) is 245 Å². The summed E-state index contributed by atoms with van der Waals surface area (Å²) in [6.45, 7) is 1.25. The van der Waals surface area contributed by atoms with Crippen molar-refractivity contribution in [3.8, 4) is 0 Å². The Bertz CT molecular complexity index is 1090. The van der Waals surface area contributed by atoms with Crippen LogP contribution in [0.5, 0.6) is 0 Å². The lowest BCUT2D eigenvalue weighted by molar-refractivity contribution is -0.0290. The van der Waals surface area contributed by atoms with Crippen molar-refractivity contribution in [2.45, 2.75) is 25.7 Å². The van der Waals surface area contributed by atoms with Gasteiger partial charge in [-0.05, 0) is 6.42 Å². The highest BCUT2D eigenvalue weighted by atomic mass is 31.3. The Balaban J connectivity index is 1.65. The lowest BCUT2D eigenvalue weighted by Crippen LogP contribution is -2.17. The number of ether oxygens (including phenoxy) is 1. The van der Waals surface area contributed by atoms with Crippen LogP contribution < -0.4 is 5.48 Å². The van der Waals surface area contributed by atoms with Gasteiger partial charge in [0.05, 0.1) is 19.0 Å². The fourth-order valence-electron chi connectivity index (χ4n) is 2.97. The quantitative estimate of drug-likeness (QED) is 0.205. The van der Waals surface area contributed by atoms with Crippen molar-refractivity contribution >= 4 is 40.4 Å². The molecule has 0 amide bonds. The van der Waals surface area contributed by atoms with E-state index in [2.05, 4.69) is 28.1 Å². The van der Waals surface area contributed by atoms with Gasteiger partial charge in [-0.25, -0.2) is 28.6 Å². The summed E-state index contributed by atoms with van der Waals surface area (Å²) in [4.78, 5) is 47.8. The molecule has 0 aliphatic carbocycles. The molecule has 2 aromatic rings. The Kier molecular flexibility index (Phi) is 6.99. The van der Waals surface area contributed by atoms with Gasteiger partial charge in [0, 0.05) is 5.92 Å². The van der Waals surface area contributed by atoms with Gasteiger partial charge in [-0.3, -0.25) is 19.8 Å². The van der Waals surface area contributed by atoms with E-state index in [0.29, 0.717) is 12.1 Å². The first kappa shape index (κ1) is 24.3. The van der Waals surface area contributed by atoms with Gasteiger partial charge in [0.2, 0.25) is 0 Å². The maximum atomic E-state index is 11.8. The van der Waals surface area contributed by atoms with Crippen LogP contribution in [-0.2, 0) is 31.6 Å². The summed E-state index contributed by atoms with van der Waals surface area (Å²) >= 11 is 0. The molecule has 5 atom stereocenters. The number of nitrogens with one attached hydrogen (secondary N) is 1. The van der Waals surface area contributed by atoms with Crippen molar-refractivity contribution in [1.82, 2.24) is 19.5 Å². The zero-order valence-corrected chi connectivity index (χ0v) is 18.2. The molecule has 174 valence electrons. The molecule has 3 rings (SSSR count). The Morgan fingerprint density at radius 1 is 1.16 bits per heavy atom. The number of hydrogen-bond donors (Lipinski definition) is 6. The smallest absolute Gasteiger partial charge is 0.352 e. The minimum atomic E-state index is -5.59. The summed E-state index contributed by atoms with van der Waals surface area (Å²) in [6, 6.07) is 0. The fraction of sp³-hybridized carbons (Fsp3) is 0.545. The first-order valence-corrected chi connectivity index (χ1v) is 12.8. The molecular formula is C11H18N5O12P3. The molecule has 2 unspecified atom stereocenters. The molecule has 1 aliphatic rings. The maximum Gasteiger partial charge on any atom is 0.490 e. The van der Waals surface area contributed by atoms with Crippen molar-refractivity contribution in [2.75, 3.05) is 12.1 Å². The van der Waals surface area contributed by atoms with Crippen LogP contribution in [0.15, 0.2) is 12.7 Å². The van der Waals surface area contributed by atoms with E-state index in [0.717, 1.165) is 0 Å². The van der Waals surface area contributed by atoms with Gasteiger partial charge in [-0.2, -0.15) is 8.62 Å². The number of phosphoric acid groups is 3. The normalized spacial score (nSPS) is 25.9. The van der Waals surface area contributed by atoms with Crippen LogP contribution in [0.2, 0.25) is 0 Å². The highest BCUT2D eigenvalue weighted by Gasteiger charge is 2.42. The number of nitrogens with zero attached hydrogens (tertiary/aromatic N) is 4. The third-order valence-electron chi connectivity index (χ3n) is 4.03. The molecule has 0 spiro atoms. The average Bonchev–Trinajstić information content (AvgIpc) is 3.19. The Morgan fingerprint density at radius 2 is 1.87 bits per heavy atom. The van der Waals surface area contributed by atoms with Crippen molar-refractivity contribution < 1.29 is 56.4 Å². The molecule has 1 saturated heterocycles. The van der Waals surface area contributed by atoms with Crippen molar-refractivity contribution in [1.29, 1.82) is 0 Å². The number of fused-ring (bicyclic) bond motifs is 1. The second-order valence-corrected chi connectivity index (χ2v) is 10.8. The lowest BCUT2D eigenvalue weighted by atomic mass is 10.1. The largest absolute Gasteiger partial charge is 0.490 e. The molecule has 0 saturated carbocycles. The summed E-state index contributed by atoms with van der Waals surface area (Å²) in [5.41, 5.74) is 2.52. The van der Waals surface area contributed by atoms with Gasteiger partial charge in [-0.15, -0.1) is 0 Å². The summed E-state index contributed by atoms with van der Waals surface area (Å²) in [5.74, 6) is -0.0777. The van der Waals surface area contributed by atoms with E-state index < -0.39 is 42.4 Å². The molecule has 6 N–H and O–H groups in total. The van der Waals surface area contributed by atoms with Gasteiger partial charge >= 0.3 is 23.5 Å². The van der Waals surface area contributed by atoms with Crippen molar-refractivity contribution in [3.05, 3.63) is 12.7 Å². The van der Waals surface area contributed by atoms with Crippen LogP contribution in [0.1, 0.15) is 19.6 Å². The predicted octanol–water partition coefficient (Wildman–Crippen LogP) is 0.894. The van der Waals surface area contributed by atoms with Gasteiger partial charge in [-0.1, -0.05) is 6.92 Å². The molecule has 0 radical (unpaired) electrons. The van der Waals surface area contributed by atoms with Gasteiger partial charge in [0.1, 0.15) is 12.6 Å². The van der Waals surface area contributed by atoms with Crippen LogP contribution in [-0.4, -0.2) is 57.0 Å². The lowest BCUT2D eigenvalue weighted by Gasteiger charge is -2.19. The van der Waals surface area contributed by atoms with Crippen LogP contribution in [0.25, 0.3) is 11.2 Å². The molecule has 0 bridgehead atoms. The molecule has 17 nitrogen and oxygen atoms in total. The van der Waals surface area contributed by atoms with E-state index >= 15 is 0 Å². The Hall–Kier alpha value is -1.32. The molecule has 20 heteroatoms. The van der Waals surface area contributed by atoms with E-state index in [-0.39, 0.29) is 17.3 Å². The van der Waals surface area contributed by atoms with Crippen LogP contribution in [0.4, 0.5) is 5.82 Å². The first-order chi connectivity index (χ1) is 14.3. The minimum absolute atomic E-state index is 0.0820. The zero-order chi connectivity index (χ0) is 23.0. The average molecular weight is 505 g/mol. The second-order valence-electron chi connectivity index (χ2n) is 6.41. The molecule has 0 aromatic carbocycles. The first-order valence-electron chi connectivity index (χ1n) is 8.32. The number of phosphoric ester groups is 1. The summed E-state index contributed by atoms with van der Waals surface area (Å²) < 4.78 is 53.1. The highest BCUT2D eigenvalue weighted by Crippen LogP contribution is 2.66. The van der Waals surface area contributed by atoms with Crippen LogP contribution >= 0.6 is 23.5 Å². The van der Waals surface area contributed by atoms with E-state index in [9.17, 15) is 18.6 Å². The Labute approximate surface area is 173 Å². The third kappa shape index (κ3) is 6.14. The number of imidazole rings is 1. The molecule has 2 aromatic heterocycles. The number of anilines is 1. The van der Waals surface area contributed by atoms with Crippen molar-refractivity contribution in [3.63, 3.8) is 0 Å². The third-order valence-corrected chi connectivity index (χ3v) is 7.83. The number of rotatable bonds is 9. The van der Waals surface area contributed by atoms with E-state index in [1.54, 1.807) is 4.57 Å². The van der Waals surface area contributed by atoms with Crippen LogP contribution in [0, 0.1) is 5.92 Å². The zero-order valence-electron chi connectivity index (χ0n) is 15.5. The SMILES string of the molecule is C[C@H]1C[C@@H](COP(=O)(O)OP(=O)(O)OP(=O)(O)O)O[C@H]1n1cnc2c(NO)ncnc21. The standard InChI is InChI=1S/C11H18N5O12P3/c1-6-2-7(3-25-30(21,22)28-31(23,24)27-29(18,19)20)26-11(6)16-5-14-8-9(15-17)12-4-13-10(8)16/h4-7,11,17H,2-3H2,1H3,(H,21,22)(H,23,24)(H,12,13,15)(H2,18,19,20)/t6-,7-,11+/m0/s1. The predicted molar refractivity (Wildman–Crippen MR) is 98.2 cm³/mol. The molecule has 31 heavy (non-hydrogen) atoms. The fourth-order valence-corrected chi connectivity index (χ4v) is 6.01. The highest BCUT2D eigenvalue weighted by molar-refractivity contribution is 7.66. The van der Waals surface area contributed by atoms with E-state index in [4.69, 9.17) is 24.6 Å². The van der Waals surface area contributed by atoms with E-state index in [1.165, 1.54) is 12.7 Å². The molecular weight excluding hydrogens is 487 g/mol. The van der Waals surface area contributed by atoms with Crippen molar-refractivity contribution in [2.24, 2.45) is 5.92 Å².